The van der Waals surface area contributed by atoms with Gasteiger partial charge in [0.05, 0.1) is 19.8 Å². The van der Waals surface area contributed by atoms with E-state index in [1.807, 2.05) is 0 Å². The molecule has 0 bridgehead atoms. The Bertz CT molecular complexity index is 411. The topological polar surface area (TPSA) is 55.4 Å². The minimum atomic E-state index is 0. The lowest BCUT2D eigenvalue weighted by Crippen LogP contribution is -2.53. The van der Waals surface area contributed by atoms with Gasteiger partial charge in [0.15, 0.2) is 5.96 Å². The van der Waals surface area contributed by atoms with Gasteiger partial charge in [-0.1, -0.05) is 6.92 Å². The number of hydrogen-bond acceptors (Lipinski definition) is 5. The number of piperazine rings is 1. The van der Waals surface area contributed by atoms with Crippen LogP contribution in [0.25, 0.3) is 0 Å². The average molecular weight is 496 g/mol. The fraction of sp³-hybridized carbons (Fsp3) is 0.947. The predicted molar refractivity (Wildman–Crippen MR) is 124 cm³/mol. The van der Waals surface area contributed by atoms with Crippen LogP contribution in [-0.2, 0) is 4.74 Å². The summed E-state index contributed by atoms with van der Waals surface area (Å²) in [5.74, 6) is 0.937. The van der Waals surface area contributed by atoms with Gasteiger partial charge >= 0.3 is 0 Å². The monoisotopic (exact) mass is 496 g/mol. The minimum absolute atomic E-state index is 0. The number of likely N-dealkylation sites (N-methyl/N-ethyl adjacent to an activating group) is 1. The molecule has 0 aromatic heterocycles. The molecular formula is C19H41IN6O. The van der Waals surface area contributed by atoms with Crippen LogP contribution in [0.4, 0.5) is 0 Å². The molecule has 2 N–H and O–H groups in total. The van der Waals surface area contributed by atoms with Crippen LogP contribution in [0.1, 0.15) is 27.7 Å². The lowest BCUT2D eigenvalue weighted by atomic mass is 10.2. The van der Waals surface area contributed by atoms with Gasteiger partial charge in [-0.3, -0.25) is 14.8 Å². The van der Waals surface area contributed by atoms with Crippen molar-refractivity contribution in [1.82, 2.24) is 25.3 Å². The highest BCUT2D eigenvalue weighted by molar-refractivity contribution is 14.0. The number of morpholine rings is 1. The van der Waals surface area contributed by atoms with E-state index >= 15 is 0 Å². The zero-order chi connectivity index (χ0) is 18.8. The molecule has 0 aromatic rings. The summed E-state index contributed by atoms with van der Waals surface area (Å²) in [6.45, 7) is 21.2. The molecule has 2 heterocycles. The summed E-state index contributed by atoms with van der Waals surface area (Å²) in [5, 5.41) is 6.93. The van der Waals surface area contributed by atoms with Gasteiger partial charge in [0.2, 0.25) is 0 Å². The van der Waals surface area contributed by atoms with Gasteiger partial charge in [-0.25, -0.2) is 0 Å². The average Bonchev–Trinajstić information content (AvgIpc) is 2.70. The zero-order valence-electron chi connectivity index (χ0n) is 17.7. The van der Waals surface area contributed by atoms with Crippen molar-refractivity contribution in [3.63, 3.8) is 0 Å². The Hall–Kier alpha value is -0.160. The van der Waals surface area contributed by atoms with Crippen molar-refractivity contribution >= 4 is 29.9 Å². The molecule has 2 saturated heterocycles. The molecular weight excluding hydrogens is 455 g/mol. The first-order chi connectivity index (χ1) is 12.6. The molecule has 27 heavy (non-hydrogen) atoms. The maximum Gasteiger partial charge on any atom is 0.191 e. The molecule has 7 nitrogen and oxygen atoms in total. The van der Waals surface area contributed by atoms with Crippen LogP contribution in [-0.4, -0.2) is 111 Å². The van der Waals surface area contributed by atoms with Crippen molar-refractivity contribution in [2.75, 3.05) is 78.7 Å². The zero-order valence-corrected chi connectivity index (χ0v) is 20.1. The van der Waals surface area contributed by atoms with Crippen LogP contribution >= 0.6 is 24.0 Å². The SMILES string of the molecule is CCNC(=NCC(C)N1CCOCC1)NCC(C)N1CCN(CC)CC1.I. The lowest BCUT2D eigenvalue weighted by Gasteiger charge is -2.37. The molecule has 0 spiro atoms. The maximum absolute atomic E-state index is 5.44. The number of rotatable bonds is 8. The number of ether oxygens (including phenoxy) is 1. The van der Waals surface area contributed by atoms with E-state index in [-0.39, 0.29) is 24.0 Å². The van der Waals surface area contributed by atoms with E-state index in [0.717, 1.165) is 51.9 Å². The van der Waals surface area contributed by atoms with Crippen LogP contribution in [0.5, 0.6) is 0 Å². The summed E-state index contributed by atoms with van der Waals surface area (Å²) < 4.78 is 5.44. The molecule has 2 aliphatic rings. The Labute approximate surface area is 183 Å². The molecule has 0 aliphatic carbocycles. The highest BCUT2D eigenvalue weighted by Gasteiger charge is 2.20. The highest BCUT2D eigenvalue weighted by atomic mass is 127. The van der Waals surface area contributed by atoms with Crippen molar-refractivity contribution in [2.45, 2.75) is 39.8 Å². The Morgan fingerprint density at radius 1 is 0.926 bits per heavy atom. The predicted octanol–water partition coefficient (Wildman–Crippen LogP) is 0.906. The summed E-state index contributed by atoms with van der Waals surface area (Å²) in [4.78, 5) is 12.4. The molecule has 2 fully saturated rings. The number of halogens is 1. The van der Waals surface area contributed by atoms with E-state index in [4.69, 9.17) is 9.73 Å². The third-order valence-corrected chi connectivity index (χ3v) is 5.57. The van der Waals surface area contributed by atoms with Crippen LogP contribution in [0.2, 0.25) is 0 Å². The van der Waals surface area contributed by atoms with Crippen LogP contribution in [0.3, 0.4) is 0 Å². The molecule has 160 valence electrons. The van der Waals surface area contributed by atoms with Gasteiger partial charge < -0.3 is 20.3 Å². The fourth-order valence-electron chi connectivity index (χ4n) is 3.59. The summed E-state index contributed by atoms with van der Waals surface area (Å²) in [5.41, 5.74) is 0. The van der Waals surface area contributed by atoms with E-state index < -0.39 is 0 Å². The minimum Gasteiger partial charge on any atom is -0.379 e. The van der Waals surface area contributed by atoms with Gasteiger partial charge in [-0.2, -0.15) is 0 Å². The Kier molecular flexibility index (Phi) is 12.8. The van der Waals surface area contributed by atoms with Crippen molar-refractivity contribution in [1.29, 1.82) is 0 Å². The molecule has 2 aliphatic heterocycles. The van der Waals surface area contributed by atoms with Gasteiger partial charge in [0.25, 0.3) is 0 Å². The Balaban J connectivity index is 0.00000364. The van der Waals surface area contributed by atoms with Crippen molar-refractivity contribution in [2.24, 2.45) is 4.99 Å². The molecule has 0 radical (unpaired) electrons. The first kappa shape index (κ1) is 24.9. The second-order valence-electron chi connectivity index (χ2n) is 7.42. The third kappa shape index (κ3) is 8.81. The molecule has 0 saturated carbocycles. The van der Waals surface area contributed by atoms with Crippen LogP contribution in [0, 0.1) is 0 Å². The van der Waals surface area contributed by atoms with E-state index in [2.05, 4.69) is 53.0 Å². The third-order valence-electron chi connectivity index (χ3n) is 5.57. The summed E-state index contributed by atoms with van der Waals surface area (Å²) >= 11 is 0. The maximum atomic E-state index is 5.44. The van der Waals surface area contributed by atoms with E-state index in [1.165, 1.54) is 32.7 Å². The first-order valence-corrected chi connectivity index (χ1v) is 10.4. The van der Waals surface area contributed by atoms with Gasteiger partial charge in [-0.15, -0.1) is 24.0 Å². The van der Waals surface area contributed by atoms with Gasteiger partial charge in [0.1, 0.15) is 0 Å². The lowest BCUT2D eigenvalue weighted by molar-refractivity contribution is 0.0220. The van der Waals surface area contributed by atoms with Crippen molar-refractivity contribution in [3.05, 3.63) is 0 Å². The van der Waals surface area contributed by atoms with Crippen molar-refractivity contribution < 1.29 is 4.74 Å². The number of hydrogen-bond donors (Lipinski definition) is 2. The molecule has 2 atom stereocenters. The Morgan fingerprint density at radius 3 is 2.15 bits per heavy atom. The molecule has 8 heteroatoms. The summed E-state index contributed by atoms with van der Waals surface area (Å²) in [6, 6.07) is 0.975. The first-order valence-electron chi connectivity index (χ1n) is 10.4. The number of nitrogens with one attached hydrogen (secondary N) is 2. The largest absolute Gasteiger partial charge is 0.379 e. The summed E-state index contributed by atoms with van der Waals surface area (Å²) in [7, 11) is 0. The quantitative estimate of drug-likeness (QED) is 0.296. The molecule has 0 amide bonds. The van der Waals surface area contributed by atoms with E-state index in [9.17, 15) is 0 Å². The fourth-order valence-corrected chi connectivity index (χ4v) is 3.59. The molecule has 0 aromatic carbocycles. The second-order valence-corrected chi connectivity index (χ2v) is 7.42. The van der Waals surface area contributed by atoms with Gasteiger partial charge in [-0.05, 0) is 27.3 Å². The molecule has 2 unspecified atom stereocenters. The highest BCUT2D eigenvalue weighted by Crippen LogP contribution is 2.06. The summed E-state index contributed by atoms with van der Waals surface area (Å²) in [6.07, 6.45) is 0. The van der Waals surface area contributed by atoms with Crippen molar-refractivity contribution in [3.8, 4) is 0 Å². The van der Waals surface area contributed by atoms with Crippen LogP contribution < -0.4 is 10.6 Å². The molecule has 2 rings (SSSR count). The van der Waals surface area contributed by atoms with Crippen LogP contribution in [0.15, 0.2) is 4.99 Å². The van der Waals surface area contributed by atoms with Gasteiger partial charge in [0, 0.05) is 64.4 Å². The Morgan fingerprint density at radius 2 is 1.56 bits per heavy atom. The number of aliphatic imine (C=N–C) groups is 1. The van der Waals surface area contributed by atoms with E-state index in [0.29, 0.717) is 12.1 Å². The number of nitrogens with zero attached hydrogens (tertiary/aromatic N) is 4. The second kappa shape index (κ2) is 13.9. The normalized spacial score (nSPS) is 22.7. The number of guanidine groups is 1. The standard InChI is InChI=1S/C19H40N6O.HI/c1-5-20-19(22-16-18(4)25-11-13-26-14-12-25)21-15-17(3)24-9-7-23(6-2)8-10-24;/h17-18H,5-16H2,1-4H3,(H2,20,21,22);1H. The smallest absolute Gasteiger partial charge is 0.191 e. The van der Waals surface area contributed by atoms with E-state index in [1.54, 1.807) is 0 Å².